The van der Waals surface area contributed by atoms with Gasteiger partial charge in [0.2, 0.25) is 0 Å². The molecule has 3 heterocycles. The fourth-order valence-corrected chi connectivity index (χ4v) is 6.57. The summed E-state index contributed by atoms with van der Waals surface area (Å²) in [5.41, 5.74) is 3.10. The molecular weight excluding hydrogens is 414 g/mol. The fraction of sp³-hybridized carbons (Fsp3) is 0.435. The predicted octanol–water partition coefficient (Wildman–Crippen LogP) is 4.68. The molecule has 1 aliphatic carbocycles. The summed E-state index contributed by atoms with van der Waals surface area (Å²) in [6.45, 7) is 1.35. The highest BCUT2D eigenvalue weighted by atomic mass is 32.2. The largest absolute Gasteiger partial charge is 0.376 e. The Bertz CT molecular complexity index is 1170. The van der Waals surface area contributed by atoms with Gasteiger partial charge in [-0.3, -0.25) is 9.36 Å². The lowest BCUT2D eigenvalue weighted by Crippen LogP contribution is -2.29. The molecule has 0 amide bonds. The predicted molar refractivity (Wildman–Crippen MR) is 120 cm³/mol. The molecule has 0 spiro atoms. The van der Waals surface area contributed by atoms with E-state index in [1.54, 1.807) is 23.1 Å². The highest BCUT2D eigenvalue weighted by Gasteiger charge is 2.24. The first-order chi connectivity index (χ1) is 14.7. The van der Waals surface area contributed by atoms with Crippen LogP contribution in [0, 0.1) is 11.3 Å². The number of hydrogen-bond acceptors (Lipinski definition) is 6. The summed E-state index contributed by atoms with van der Waals surface area (Å²) in [5, 5.41) is 10.6. The molecule has 1 aromatic carbocycles. The van der Waals surface area contributed by atoms with E-state index in [0.29, 0.717) is 17.9 Å². The second-order valence-corrected chi connectivity index (χ2v) is 9.96. The van der Waals surface area contributed by atoms with Crippen molar-refractivity contribution in [3.8, 4) is 6.07 Å². The molecule has 7 heteroatoms. The van der Waals surface area contributed by atoms with E-state index < -0.39 is 0 Å². The summed E-state index contributed by atoms with van der Waals surface area (Å²) in [6, 6.07) is 9.75. The van der Waals surface area contributed by atoms with Crippen molar-refractivity contribution >= 4 is 33.3 Å². The van der Waals surface area contributed by atoms with Gasteiger partial charge in [0.05, 0.1) is 29.7 Å². The van der Waals surface area contributed by atoms with Crippen LogP contribution in [-0.2, 0) is 29.9 Å². The van der Waals surface area contributed by atoms with E-state index >= 15 is 0 Å². The Balaban J connectivity index is 1.52. The lowest BCUT2D eigenvalue weighted by Gasteiger charge is -2.16. The van der Waals surface area contributed by atoms with Crippen LogP contribution < -0.4 is 5.56 Å². The molecule has 1 unspecified atom stereocenters. The van der Waals surface area contributed by atoms with Crippen LogP contribution in [0.1, 0.15) is 47.3 Å². The lowest BCUT2D eigenvalue weighted by atomic mass is 9.97. The van der Waals surface area contributed by atoms with Crippen LogP contribution in [0.25, 0.3) is 10.2 Å². The molecule has 0 saturated carbocycles. The second-order valence-electron chi connectivity index (χ2n) is 7.93. The smallest absolute Gasteiger partial charge is 0.263 e. The number of nitriles is 1. The van der Waals surface area contributed by atoms with Gasteiger partial charge in [0.15, 0.2) is 5.16 Å². The maximum Gasteiger partial charge on any atom is 0.263 e. The molecule has 2 aliphatic rings. The molecule has 154 valence electrons. The van der Waals surface area contributed by atoms with E-state index in [1.165, 1.54) is 16.9 Å². The van der Waals surface area contributed by atoms with Gasteiger partial charge in [-0.1, -0.05) is 23.9 Å². The zero-order chi connectivity index (χ0) is 20.5. The highest BCUT2D eigenvalue weighted by molar-refractivity contribution is 7.98. The zero-order valence-corrected chi connectivity index (χ0v) is 18.4. The quantitative estimate of drug-likeness (QED) is 0.428. The van der Waals surface area contributed by atoms with Crippen molar-refractivity contribution in [3.05, 3.63) is 56.2 Å². The normalized spacial score (nSPS) is 18.4. The third-order valence-electron chi connectivity index (χ3n) is 5.90. The monoisotopic (exact) mass is 437 g/mol. The summed E-state index contributed by atoms with van der Waals surface area (Å²) in [4.78, 5) is 20.8. The van der Waals surface area contributed by atoms with Gasteiger partial charge in [-0.2, -0.15) is 5.26 Å². The molecule has 5 nitrogen and oxygen atoms in total. The SMILES string of the molecule is N#Cc1ccc(CSc2nc3sc4c(c3c(=O)n2CC2CCCO2)CCCC4)cc1. The van der Waals surface area contributed by atoms with Crippen molar-refractivity contribution in [1.82, 2.24) is 9.55 Å². The standard InChI is InChI=1S/C23H23N3O2S2/c24-12-15-7-9-16(10-8-15)14-29-23-25-21-20(18-5-1-2-6-19(18)30-21)22(27)26(23)13-17-4-3-11-28-17/h7-10,17H,1-6,11,13-14H2. The van der Waals surface area contributed by atoms with Crippen molar-refractivity contribution in [1.29, 1.82) is 5.26 Å². The van der Waals surface area contributed by atoms with E-state index in [-0.39, 0.29) is 11.7 Å². The highest BCUT2D eigenvalue weighted by Crippen LogP contribution is 2.35. The van der Waals surface area contributed by atoms with Gasteiger partial charge in [-0.25, -0.2) is 4.98 Å². The number of fused-ring (bicyclic) bond motifs is 3. The minimum Gasteiger partial charge on any atom is -0.376 e. The lowest BCUT2D eigenvalue weighted by molar-refractivity contribution is 0.0937. The maximum absolute atomic E-state index is 13.6. The molecule has 0 radical (unpaired) electrons. The molecule has 1 saturated heterocycles. The van der Waals surface area contributed by atoms with E-state index in [1.807, 2.05) is 28.8 Å². The Hall–Kier alpha value is -2.14. The molecule has 0 bridgehead atoms. The first-order valence-corrected chi connectivity index (χ1v) is 12.3. The van der Waals surface area contributed by atoms with Crippen molar-refractivity contribution in [2.45, 2.75) is 62.1 Å². The number of hydrogen-bond donors (Lipinski definition) is 0. The van der Waals surface area contributed by atoms with Crippen LogP contribution in [-0.4, -0.2) is 22.3 Å². The summed E-state index contributed by atoms with van der Waals surface area (Å²) in [7, 11) is 0. The van der Waals surface area contributed by atoms with Gasteiger partial charge >= 0.3 is 0 Å². The minimum absolute atomic E-state index is 0.0886. The summed E-state index contributed by atoms with van der Waals surface area (Å²) >= 11 is 3.29. The van der Waals surface area contributed by atoms with Crippen LogP contribution in [0.5, 0.6) is 0 Å². The van der Waals surface area contributed by atoms with Gasteiger partial charge in [-0.15, -0.1) is 11.3 Å². The Labute approximate surface area is 183 Å². The fourth-order valence-electron chi connectivity index (χ4n) is 4.31. The maximum atomic E-state index is 13.6. The Kier molecular flexibility index (Phi) is 5.64. The van der Waals surface area contributed by atoms with Gasteiger partial charge in [0.25, 0.3) is 5.56 Å². The molecule has 0 N–H and O–H groups in total. The first-order valence-electron chi connectivity index (χ1n) is 10.5. The molecule has 2 aromatic heterocycles. The zero-order valence-electron chi connectivity index (χ0n) is 16.7. The number of ether oxygens (including phenoxy) is 1. The second kappa shape index (κ2) is 8.54. The summed E-state index contributed by atoms with van der Waals surface area (Å²) in [5.74, 6) is 0.709. The third kappa shape index (κ3) is 3.80. The van der Waals surface area contributed by atoms with Gasteiger partial charge in [-0.05, 0) is 61.8 Å². The number of thioether (sulfide) groups is 1. The van der Waals surface area contributed by atoms with Crippen molar-refractivity contribution in [2.24, 2.45) is 0 Å². The Morgan fingerprint density at radius 2 is 2.07 bits per heavy atom. The molecule has 1 aliphatic heterocycles. The number of thiophene rings is 1. The van der Waals surface area contributed by atoms with Crippen LogP contribution in [0.2, 0.25) is 0 Å². The number of aryl methyl sites for hydroxylation is 2. The van der Waals surface area contributed by atoms with E-state index in [9.17, 15) is 4.79 Å². The van der Waals surface area contributed by atoms with E-state index in [4.69, 9.17) is 15.0 Å². The summed E-state index contributed by atoms with van der Waals surface area (Å²) in [6.07, 6.45) is 6.54. The van der Waals surface area contributed by atoms with Crippen LogP contribution in [0.15, 0.2) is 34.2 Å². The van der Waals surface area contributed by atoms with Gasteiger partial charge in [0, 0.05) is 17.2 Å². The molecule has 3 aromatic rings. The van der Waals surface area contributed by atoms with Gasteiger partial charge in [0.1, 0.15) is 4.83 Å². The topological polar surface area (TPSA) is 67.9 Å². The molecule has 1 atom stereocenters. The molecule has 5 rings (SSSR count). The van der Waals surface area contributed by atoms with E-state index in [2.05, 4.69) is 6.07 Å². The average Bonchev–Trinajstić information content (AvgIpc) is 3.42. The molecular formula is C23H23N3O2S2. The van der Waals surface area contributed by atoms with Crippen LogP contribution in [0.4, 0.5) is 0 Å². The van der Waals surface area contributed by atoms with E-state index in [0.717, 1.165) is 59.6 Å². The van der Waals surface area contributed by atoms with Crippen LogP contribution in [0.3, 0.4) is 0 Å². The number of benzene rings is 1. The minimum atomic E-state index is 0.0886. The number of rotatable bonds is 5. The number of nitrogens with zero attached hydrogens (tertiary/aromatic N) is 3. The van der Waals surface area contributed by atoms with Crippen molar-refractivity contribution in [3.63, 3.8) is 0 Å². The average molecular weight is 438 g/mol. The van der Waals surface area contributed by atoms with Crippen molar-refractivity contribution < 1.29 is 4.74 Å². The van der Waals surface area contributed by atoms with Gasteiger partial charge < -0.3 is 4.74 Å². The van der Waals surface area contributed by atoms with Crippen molar-refractivity contribution in [2.75, 3.05) is 6.61 Å². The first kappa shape index (κ1) is 19.8. The summed E-state index contributed by atoms with van der Waals surface area (Å²) < 4.78 is 7.69. The molecule has 30 heavy (non-hydrogen) atoms. The van der Waals surface area contributed by atoms with Crippen LogP contribution >= 0.6 is 23.1 Å². The Morgan fingerprint density at radius 3 is 2.83 bits per heavy atom. The third-order valence-corrected chi connectivity index (χ3v) is 8.13. The molecule has 1 fully saturated rings. The number of aromatic nitrogens is 2. The Morgan fingerprint density at radius 1 is 1.23 bits per heavy atom.